The molecule has 1 aliphatic heterocycles. The van der Waals surface area contributed by atoms with Crippen LogP contribution >= 0.6 is 0 Å². The molecule has 222 valence electrons. The molecule has 4 rings (SSSR count). The second-order valence-corrected chi connectivity index (χ2v) is 12.1. The van der Waals surface area contributed by atoms with Gasteiger partial charge in [-0.3, -0.25) is 9.59 Å². The van der Waals surface area contributed by atoms with Crippen molar-refractivity contribution in [2.75, 3.05) is 13.7 Å². The Morgan fingerprint density at radius 3 is 2.27 bits per heavy atom. The number of methoxy groups -OCH3 is 1. The van der Waals surface area contributed by atoms with E-state index < -0.39 is 70.5 Å². The summed E-state index contributed by atoms with van der Waals surface area (Å²) in [6.07, 6.45) is -1.85. The molecule has 8 atom stereocenters. The normalized spacial score (nSPS) is 37.8. The molecule has 1 aromatic rings. The van der Waals surface area contributed by atoms with Gasteiger partial charge in [0.25, 0.3) is 0 Å². The molecular formula is C30H42O10. The zero-order chi connectivity index (χ0) is 29.5. The van der Waals surface area contributed by atoms with Crippen molar-refractivity contribution < 1.29 is 48.3 Å². The third-order valence-electron chi connectivity index (χ3n) is 8.99. The molecule has 3 fully saturated rings. The highest BCUT2D eigenvalue weighted by Crippen LogP contribution is 2.68. The van der Waals surface area contributed by atoms with Crippen LogP contribution in [0.4, 0.5) is 0 Å². The van der Waals surface area contributed by atoms with E-state index in [0.717, 1.165) is 0 Å². The molecular weight excluding hydrogens is 520 g/mol. The van der Waals surface area contributed by atoms with E-state index in [-0.39, 0.29) is 18.4 Å². The van der Waals surface area contributed by atoms with Gasteiger partial charge < -0.3 is 33.9 Å². The number of unbranched alkanes of at least 4 members (excludes halogenated alkanes) is 1. The summed E-state index contributed by atoms with van der Waals surface area (Å²) in [5.41, 5.74) is -6.52. The van der Waals surface area contributed by atoms with Crippen molar-refractivity contribution >= 4 is 17.9 Å². The second-order valence-electron chi connectivity index (χ2n) is 12.1. The van der Waals surface area contributed by atoms with Crippen LogP contribution in [-0.4, -0.2) is 82.6 Å². The molecule has 10 heteroatoms. The standard InChI is InChI=1S/C30H42O10/c1-18(31)37-25-23-21(14-10-11-17-36-6)24(38-26(34)20-12-8-7-9-13-20)29(39-19(2)32)22(33)15-16-28(5,35)30(25,29)40-27(23,3)4/h7-9,12-13,21-25,33,35H,10-11,14-17H2,1-6H3/t21-,22+,23-,24-,25-,28+,29-,30+/m1/s1. The zero-order valence-electron chi connectivity index (χ0n) is 24.2. The molecule has 40 heavy (non-hydrogen) atoms. The van der Waals surface area contributed by atoms with Gasteiger partial charge in [-0.2, -0.15) is 0 Å². The summed E-state index contributed by atoms with van der Waals surface area (Å²) in [4.78, 5) is 39.0. The highest BCUT2D eigenvalue weighted by atomic mass is 16.7. The van der Waals surface area contributed by atoms with Gasteiger partial charge in [0.1, 0.15) is 12.2 Å². The van der Waals surface area contributed by atoms with Crippen LogP contribution in [0, 0.1) is 11.8 Å². The van der Waals surface area contributed by atoms with Gasteiger partial charge in [-0.25, -0.2) is 4.79 Å². The fraction of sp³-hybridized carbons (Fsp3) is 0.700. The molecule has 10 nitrogen and oxygen atoms in total. The van der Waals surface area contributed by atoms with Gasteiger partial charge in [0.2, 0.25) is 5.60 Å². The van der Waals surface area contributed by atoms with Gasteiger partial charge in [0.15, 0.2) is 11.7 Å². The summed E-state index contributed by atoms with van der Waals surface area (Å²) < 4.78 is 30.3. The van der Waals surface area contributed by atoms with E-state index in [1.165, 1.54) is 20.8 Å². The van der Waals surface area contributed by atoms with E-state index >= 15 is 0 Å². The van der Waals surface area contributed by atoms with E-state index in [2.05, 4.69) is 0 Å². The van der Waals surface area contributed by atoms with Crippen LogP contribution in [-0.2, 0) is 33.3 Å². The van der Waals surface area contributed by atoms with Crippen LogP contribution < -0.4 is 0 Å². The Bertz CT molecular complexity index is 1100. The predicted molar refractivity (Wildman–Crippen MR) is 142 cm³/mol. The first kappa shape index (κ1) is 30.4. The minimum atomic E-state index is -2.08. The first-order valence-corrected chi connectivity index (χ1v) is 14.0. The van der Waals surface area contributed by atoms with Gasteiger partial charge in [-0.15, -0.1) is 0 Å². The number of ether oxygens (including phenoxy) is 5. The lowest BCUT2D eigenvalue weighted by atomic mass is 9.49. The van der Waals surface area contributed by atoms with E-state index in [1.807, 2.05) is 13.8 Å². The average Bonchev–Trinajstić information content (AvgIpc) is 3.07. The molecule has 0 aromatic heterocycles. The summed E-state index contributed by atoms with van der Waals surface area (Å²) in [6.45, 7) is 8.13. The molecule has 2 saturated carbocycles. The molecule has 0 radical (unpaired) electrons. The second kappa shape index (κ2) is 11.0. The maximum Gasteiger partial charge on any atom is 0.338 e. The number of hydrogen-bond donors (Lipinski definition) is 2. The molecule has 2 aliphatic carbocycles. The van der Waals surface area contributed by atoms with Crippen molar-refractivity contribution in [1.82, 2.24) is 0 Å². The SMILES string of the molecule is COCCCC[C@@H]1[C@@H]2[C@@H](OC(C)=O)[C@@]3(OC2(C)C)[C@](OC(C)=O)([C@@H]1OC(=O)c1ccccc1)[C@@H](O)CC[C@]3(C)O. The Labute approximate surface area is 235 Å². The van der Waals surface area contributed by atoms with Crippen molar-refractivity contribution in [3.63, 3.8) is 0 Å². The van der Waals surface area contributed by atoms with Crippen LogP contribution in [0.2, 0.25) is 0 Å². The van der Waals surface area contributed by atoms with Crippen LogP contribution in [0.25, 0.3) is 0 Å². The number of carbonyl (C=O) groups excluding carboxylic acids is 3. The molecule has 1 aromatic carbocycles. The third kappa shape index (κ3) is 4.72. The number of carbonyl (C=O) groups is 3. The van der Waals surface area contributed by atoms with Crippen molar-refractivity contribution in [2.45, 2.75) is 107 Å². The maximum absolute atomic E-state index is 13.6. The number of hydrogen-bond acceptors (Lipinski definition) is 10. The van der Waals surface area contributed by atoms with Crippen molar-refractivity contribution in [1.29, 1.82) is 0 Å². The summed E-state index contributed by atoms with van der Waals surface area (Å²) in [7, 11) is 1.61. The summed E-state index contributed by atoms with van der Waals surface area (Å²) in [5, 5.41) is 23.9. The first-order chi connectivity index (χ1) is 18.7. The van der Waals surface area contributed by atoms with Crippen LogP contribution in [0.3, 0.4) is 0 Å². The first-order valence-electron chi connectivity index (χ1n) is 14.0. The fourth-order valence-corrected chi connectivity index (χ4v) is 7.68. The minimum Gasteiger partial charge on any atom is -0.459 e. The monoisotopic (exact) mass is 562 g/mol. The maximum atomic E-state index is 13.6. The lowest BCUT2D eigenvalue weighted by Crippen LogP contribution is -2.85. The van der Waals surface area contributed by atoms with E-state index in [1.54, 1.807) is 37.4 Å². The van der Waals surface area contributed by atoms with Crippen molar-refractivity contribution in [2.24, 2.45) is 11.8 Å². The van der Waals surface area contributed by atoms with Gasteiger partial charge in [0.05, 0.1) is 16.8 Å². The molecule has 1 spiro atoms. The third-order valence-corrected chi connectivity index (χ3v) is 8.99. The molecule has 3 aliphatic rings. The summed E-state index contributed by atoms with van der Waals surface area (Å²) in [5.74, 6) is -3.20. The van der Waals surface area contributed by atoms with Crippen LogP contribution in [0.15, 0.2) is 30.3 Å². The highest BCUT2D eigenvalue weighted by Gasteiger charge is 2.87. The Hall–Kier alpha value is -2.53. The summed E-state index contributed by atoms with van der Waals surface area (Å²) >= 11 is 0. The van der Waals surface area contributed by atoms with Crippen molar-refractivity contribution in [3.05, 3.63) is 35.9 Å². The quantitative estimate of drug-likeness (QED) is 0.262. The number of rotatable bonds is 9. The zero-order valence-corrected chi connectivity index (χ0v) is 24.2. The highest BCUT2D eigenvalue weighted by molar-refractivity contribution is 5.89. The molecule has 0 amide bonds. The number of esters is 3. The number of aliphatic hydroxyl groups is 2. The predicted octanol–water partition coefficient (Wildman–Crippen LogP) is 2.96. The Morgan fingerprint density at radius 1 is 1.00 bits per heavy atom. The number of benzene rings is 1. The van der Waals surface area contributed by atoms with Crippen LogP contribution in [0.1, 0.15) is 77.1 Å². The number of fused-ring (bicyclic) bond motifs is 1. The van der Waals surface area contributed by atoms with Gasteiger partial charge in [-0.05, 0) is 58.6 Å². The topological polar surface area (TPSA) is 138 Å². The Kier molecular flexibility index (Phi) is 8.40. The Morgan fingerprint density at radius 2 is 1.68 bits per heavy atom. The van der Waals surface area contributed by atoms with Gasteiger partial charge >= 0.3 is 17.9 Å². The molecule has 2 N–H and O–H groups in total. The molecule has 0 unspecified atom stereocenters. The summed E-state index contributed by atoms with van der Waals surface area (Å²) in [6, 6.07) is 8.40. The van der Waals surface area contributed by atoms with E-state index in [4.69, 9.17) is 23.7 Å². The Balaban J connectivity index is 1.99. The molecule has 1 saturated heterocycles. The minimum absolute atomic E-state index is 0.0268. The molecule has 1 heterocycles. The lowest BCUT2D eigenvalue weighted by Gasteiger charge is -2.64. The van der Waals surface area contributed by atoms with Crippen molar-refractivity contribution in [3.8, 4) is 0 Å². The van der Waals surface area contributed by atoms with Gasteiger partial charge in [0, 0.05) is 39.4 Å². The smallest absolute Gasteiger partial charge is 0.338 e. The lowest BCUT2D eigenvalue weighted by molar-refractivity contribution is -0.361. The van der Waals surface area contributed by atoms with E-state index in [9.17, 15) is 24.6 Å². The molecule has 2 bridgehead atoms. The van der Waals surface area contributed by atoms with Crippen LogP contribution in [0.5, 0.6) is 0 Å². The number of aliphatic hydroxyl groups excluding tert-OH is 1. The average molecular weight is 563 g/mol. The largest absolute Gasteiger partial charge is 0.459 e. The van der Waals surface area contributed by atoms with Gasteiger partial charge in [-0.1, -0.05) is 24.6 Å². The van der Waals surface area contributed by atoms with E-state index in [0.29, 0.717) is 25.9 Å². The fourth-order valence-electron chi connectivity index (χ4n) is 7.68.